The van der Waals surface area contributed by atoms with Crippen molar-refractivity contribution < 1.29 is 9.59 Å². The number of hydrogen-bond donors (Lipinski definition) is 0. The zero-order valence-corrected chi connectivity index (χ0v) is 13.5. The minimum atomic E-state index is -0.468. The van der Waals surface area contributed by atoms with Crippen LogP contribution in [-0.2, 0) is 17.3 Å². The number of Topliss-reactive ketones (excluding diaryl/α,β-unsaturated/α-hetero) is 1. The highest BCUT2D eigenvalue weighted by atomic mass is 16.2. The number of imidazole rings is 1. The lowest BCUT2D eigenvalue weighted by Crippen LogP contribution is -2.48. The first kappa shape index (κ1) is 15.5. The molecule has 0 radical (unpaired) electrons. The molecule has 5 heteroatoms. The van der Waals surface area contributed by atoms with Crippen molar-refractivity contribution in [2.45, 2.75) is 25.2 Å². The summed E-state index contributed by atoms with van der Waals surface area (Å²) in [6.45, 7) is 2.82. The lowest BCUT2D eigenvalue weighted by Gasteiger charge is -2.40. The smallest absolute Gasteiger partial charge is 0.272 e. The zero-order chi connectivity index (χ0) is 16.4. The van der Waals surface area contributed by atoms with E-state index in [2.05, 4.69) is 4.98 Å². The number of hydrogen-bond acceptors (Lipinski definition) is 3. The Morgan fingerprint density at radius 2 is 1.78 bits per heavy atom. The zero-order valence-electron chi connectivity index (χ0n) is 13.5. The van der Waals surface area contributed by atoms with Crippen LogP contribution >= 0.6 is 0 Å². The van der Waals surface area contributed by atoms with E-state index in [0.29, 0.717) is 31.6 Å². The van der Waals surface area contributed by atoms with Gasteiger partial charge in [-0.2, -0.15) is 0 Å². The highest BCUT2D eigenvalue weighted by Crippen LogP contribution is 2.36. The molecule has 1 amide bonds. The minimum absolute atomic E-state index is 0.0183. The Morgan fingerprint density at radius 1 is 1.13 bits per heavy atom. The Kier molecular flexibility index (Phi) is 4.03. The van der Waals surface area contributed by atoms with Gasteiger partial charge < -0.3 is 9.47 Å². The second kappa shape index (κ2) is 5.99. The van der Waals surface area contributed by atoms with Gasteiger partial charge in [0.2, 0.25) is 0 Å². The summed E-state index contributed by atoms with van der Waals surface area (Å²) in [5.41, 5.74) is 1.17. The van der Waals surface area contributed by atoms with E-state index in [-0.39, 0.29) is 11.7 Å². The number of piperidine rings is 1. The van der Waals surface area contributed by atoms with E-state index < -0.39 is 5.41 Å². The number of ketones is 1. The van der Waals surface area contributed by atoms with Gasteiger partial charge in [0.15, 0.2) is 0 Å². The lowest BCUT2D eigenvalue weighted by molar-refractivity contribution is -0.124. The SMILES string of the molecule is CC(=O)C1(c2ccccc2)CCN(C(=O)c2cncn2C)CC1. The Hall–Kier alpha value is -2.43. The fraction of sp³-hybridized carbons (Fsp3) is 0.389. The number of likely N-dealkylation sites (tertiary alicyclic amines) is 1. The van der Waals surface area contributed by atoms with Gasteiger partial charge in [0.1, 0.15) is 11.5 Å². The van der Waals surface area contributed by atoms with Crippen LogP contribution in [0.25, 0.3) is 0 Å². The normalized spacial score (nSPS) is 17.0. The number of carbonyl (C=O) groups is 2. The van der Waals surface area contributed by atoms with Crippen LogP contribution in [-0.4, -0.2) is 39.2 Å². The Morgan fingerprint density at radius 3 is 2.30 bits per heavy atom. The van der Waals surface area contributed by atoms with Crippen LogP contribution < -0.4 is 0 Å². The van der Waals surface area contributed by atoms with Crippen LogP contribution in [0.4, 0.5) is 0 Å². The molecule has 2 heterocycles. The first-order valence-corrected chi connectivity index (χ1v) is 7.87. The molecule has 0 aliphatic carbocycles. The highest BCUT2D eigenvalue weighted by molar-refractivity contribution is 5.93. The molecule has 0 spiro atoms. The maximum atomic E-state index is 12.6. The van der Waals surface area contributed by atoms with Crippen LogP contribution in [0.1, 0.15) is 35.8 Å². The average Bonchev–Trinajstić information content (AvgIpc) is 3.01. The first-order valence-electron chi connectivity index (χ1n) is 7.87. The maximum Gasteiger partial charge on any atom is 0.272 e. The number of nitrogens with zero attached hydrogens (tertiary/aromatic N) is 3. The molecule has 3 rings (SSSR count). The highest BCUT2D eigenvalue weighted by Gasteiger charge is 2.41. The third-order valence-electron chi connectivity index (χ3n) is 4.94. The van der Waals surface area contributed by atoms with E-state index in [4.69, 9.17) is 0 Å². The van der Waals surface area contributed by atoms with Gasteiger partial charge in [-0.15, -0.1) is 0 Å². The van der Waals surface area contributed by atoms with Gasteiger partial charge in [-0.05, 0) is 25.3 Å². The number of rotatable bonds is 3. The molecule has 1 aliphatic rings. The monoisotopic (exact) mass is 311 g/mol. The molecule has 1 fully saturated rings. The molecule has 0 saturated carbocycles. The van der Waals surface area contributed by atoms with E-state index in [1.54, 1.807) is 24.0 Å². The van der Waals surface area contributed by atoms with E-state index in [1.807, 2.05) is 42.3 Å². The van der Waals surface area contributed by atoms with Crippen molar-refractivity contribution in [3.8, 4) is 0 Å². The maximum absolute atomic E-state index is 12.6. The Balaban J connectivity index is 1.80. The van der Waals surface area contributed by atoms with Gasteiger partial charge in [-0.25, -0.2) is 4.98 Å². The van der Waals surface area contributed by atoms with Crippen molar-refractivity contribution in [1.29, 1.82) is 0 Å². The Bertz CT molecular complexity index is 713. The molecule has 0 atom stereocenters. The summed E-state index contributed by atoms with van der Waals surface area (Å²) >= 11 is 0. The van der Waals surface area contributed by atoms with E-state index in [9.17, 15) is 9.59 Å². The molecule has 0 unspecified atom stereocenters. The van der Waals surface area contributed by atoms with E-state index in [1.165, 1.54) is 0 Å². The molecule has 1 aliphatic heterocycles. The predicted molar refractivity (Wildman–Crippen MR) is 87.1 cm³/mol. The molecule has 0 bridgehead atoms. The summed E-state index contributed by atoms with van der Waals surface area (Å²) in [7, 11) is 1.81. The molecule has 1 aromatic carbocycles. The van der Waals surface area contributed by atoms with Crippen molar-refractivity contribution in [3.05, 3.63) is 54.1 Å². The molecule has 1 aromatic heterocycles. The number of benzene rings is 1. The molecule has 1 saturated heterocycles. The third kappa shape index (κ3) is 2.67. The average molecular weight is 311 g/mol. The van der Waals surface area contributed by atoms with Crippen LogP contribution in [0, 0.1) is 0 Å². The number of amides is 1. The quantitative estimate of drug-likeness (QED) is 0.873. The number of aromatic nitrogens is 2. The lowest BCUT2D eigenvalue weighted by atomic mass is 9.70. The van der Waals surface area contributed by atoms with Gasteiger partial charge in [0.25, 0.3) is 5.91 Å². The van der Waals surface area contributed by atoms with E-state index in [0.717, 1.165) is 5.56 Å². The first-order chi connectivity index (χ1) is 11.0. The summed E-state index contributed by atoms with van der Waals surface area (Å²) < 4.78 is 1.73. The van der Waals surface area contributed by atoms with Crippen LogP contribution in [0.3, 0.4) is 0 Å². The van der Waals surface area contributed by atoms with Crippen LogP contribution in [0.15, 0.2) is 42.9 Å². The predicted octanol–water partition coefficient (Wildman–Crippen LogP) is 2.18. The number of aryl methyl sites for hydroxylation is 1. The largest absolute Gasteiger partial charge is 0.337 e. The molecule has 120 valence electrons. The Labute approximate surface area is 135 Å². The molecule has 5 nitrogen and oxygen atoms in total. The molecule has 2 aromatic rings. The van der Waals surface area contributed by atoms with E-state index >= 15 is 0 Å². The van der Waals surface area contributed by atoms with Crippen LogP contribution in [0.5, 0.6) is 0 Å². The molecule has 23 heavy (non-hydrogen) atoms. The van der Waals surface area contributed by atoms with Gasteiger partial charge in [0, 0.05) is 20.1 Å². The summed E-state index contributed by atoms with van der Waals surface area (Å²) in [5.74, 6) is 0.159. The molecule has 0 N–H and O–H groups in total. The van der Waals surface area contributed by atoms with Crippen molar-refractivity contribution >= 4 is 11.7 Å². The van der Waals surface area contributed by atoms with Crippen molar-refractivity contribution in [1.82, 2.24) is 14.5 Å². The second-order valence-electron chi connectivity index (χ2n) is 6.19. The van der Waals surface area contributed by atoms with Gasteiger partial charge >= 0.3 is 0 Å². The summed E-state index contributed by atoms with van der Waals surface area (Å²) in [6, 6.07) is 9.92. The molecular weight excluding hydrogens is 290 g/mol. The van der Waals surface area contributed by atoms with Crippen molar-refractivity contribution in [2.24, 2.45) is 7.05 Å². The minimum Gasteiger partial charge on any atom is -0.337 e. The second-order valence-corrected chi connectivity index (χ2v) is 6.19. The molecular formula is C18H21N3O2. The fourth-order valence-corrected chi connectivity index (χ4v) is 3.42. The summed E-state index contributed by atoms with van der Waals surface area (Å²) in [4.78, 5) is 30.8. The third-order valence-corrected chi connectivity index (χ3v) is 4.94. The summed E-state index contributed by atoms with van der Waals surface area (Å²) in [5, 5.41) is 0. The van der Waals surface area contributed by atoms with Gasteiger partial charge in [-0.1, -0.05) is 30.3 Å². The topological polar surface area (TPSA) is 55.2 Å². The van der Waals surface area contributed by atoms with Crippen molar-refractivity contribution in [3.63, 3.8) is 0 Å². The fourth-order valence-electron chi connectivity index (χ4n) is 3.42. The van der Waals surface area contributed by atoms with Crippen LogP contribution in [0.2, 0.25) is 0 Å². The van der Waals surface area contributed by atoms with Crippen molar-refractivity contribution in [2.75, 3.05) is 13.1 Å². The van der Waals surface area contributed by atoms with Gasteiger partial charge in [-0.3, -0.25) is 9.59 Å². The summed E-state index contributed by atoms with van der Waals surface area (Å²) in [6.07, 6.45) is 4.54. The standard InChI is InChI=1S/C18H21N3O2/c1-14(22)18(15-6-4-3-5-7-15)8-10-21(11-9-18)17(23)16-12-19-13-20(16)2/h3-7,12-13H,8-11H2,1-2H3. The number of carbonyl (C=O) groups excluding carboxylic acids is 2. The van der Waals surface area contributed by atoms with Gasteiger partial charge in [0.05, 0.1) is 17.9 Å².